The van der Waals surface area contributed by atoms with Crippen molar-refractivity contribution in [1.82, 2.24) is 4.90 Å². The number of hydrogen-bond acceptors (Lipinski definition) is 4. The van der Waals surface area contributed by atoms with E-state index >= 15 is 0 Å². The molecule has 6 nitrogen and oxygen atoms in total. The summed E-state index contributed by atoms with van der Waals surface area (Å²) in [6, 6.07) is 6.86. The molecular weight excluding hydrogens is 314 g/mol. The SMILES string of the molecule is CCCS(=O)(=O)Nc1ccccc1C(=O)N1CC(CN)CC1C. The molecule has 1 aliphatic rings. The molecule has 1 saturated heterocycles. The minimum absolute atomic E-state index is 0.0326. The zero-order chi connectivity index (χ0) is 17.0. The summed E-state index contributed by atoms with van der Waals surface area (Å²) in [5, 5.41) is 0. The summed E-state index contributed by atoms with van der Waals surface area (Å²) in [7, 11) is -3.43. The predicted molar refractivity (Wildman–Crippen MR) is 91.8 cm³/mol. The maximum absolute atomic E-state index is 12.8. The molecular formula is C16H25N3O3S. The normalized spacial score (nSPS) is 21.4. The molecule has 1 aromatic rings. The van der Waals surface area contributed by atoms with Gasteiger partial charge in [-0.3, -0.25) is 9.52 Å². The van der Waals surface area contributed by atoms with Gasteiger partial charge in [0, 0.05) is 12.6 Å². The van der Waals surface area contributed by atoms with Crippen molar-refractivity contribution in [1.29, 1.82) is 0 Å². The molecule has 1 heterocycles. The molecule has 1 amide bonds. The number of carbonyl (C=O) groups is 1. The van der Waals surface area contributed by atoms with Gasteiger partial charge in [0.05, 0.1) is 17.0 Å². The maximum Gasteiger partial charge on any atom is 0.256 e. The minimum Gasteiger partial charge on any atom is -0.336 e. The molecule has 2 unspecified atom stereocenters. The molecule has 0 saturated carbocycles. The van der Waals surface area contributed by atoms with E-state index in [4.69, 9.17) is 5.73 Å². The van der Waals surface area contributed by atoms with Crippen molar-refractivity contribution in [3.05, 3.63) is 29.8 Å². The third kappa shape index (κ3) is 4.23. The summed E-state index contributed by atoms with van der Waals surface area (Å²) in [4.78, 5) is 14.6. The van der Waals surface area contributed by atoms with Crippen LogP contribution in [-0.2, 0) is 10.0 Å². The van der Waals surface area contributed by atoms with Crippen LogP contribution in [-0.4, -0.2) is 44.1 Å². The lowest BCUT2D eigenvalue weighted by Crippen LogP contribution is -2.35. The van der Waals surface area contributed by atoms with Gasteiger partial charge in [0.25, 0.3) is 5.91 Å². The number of para-hydroxylation sites is 1. The van der Waals surface area contributed by atoms with Gasteiger partial charge in [0.15, 0.2) is 0 Å². The Hall–Kier alpha value is -1.60. The molecule has 0 spiro atoms. The second-order valence-corrected chi connectivity index (χ2v) is 7.95. The van der Waals surface area contributed by atoms with E-state index in [0.29, 0.717) is 36.7 Å². The van der Waals surface area contributed by atoms with Crippen LogP contribution in [0.3, 0.4) is 0 Å². The van der Waals surface area contributed by atoms with Gasteiger partial charge in [0.1, 0.15) is 0 Å². The molecule has 23 heavy (non-hydrogen) atoms. The van der Waals surface area contributed by atoms with Crippen molar-refractivity contribution in [3.63, 3.8) is 0 Å². The van der Waals surface area contributed by atoms with Gasteiger partial charge in [0.2, 0.25) is 10.0 Å². The maximum atomic E-state index is 12.8. The van der Waals surface area contributed by atoms with Crippen LogP contribution >= 0.6 is 0 Å². The Kier molecular flexibility index (Phi) is 5.64. The minimum atomic E-state index is -3.43. The number of amides is 1. The molecule has 128 valence electrons. The first kappa shape index (κ1) is 17.7. The number of sulfonamides is 1. The van der Waals surface area contributed by atoms with Crippen molar-refractivity contribution in [2.45, 2.75) is 32.7 Å². The molecule has 2 rings (SSSR count). The summed E-state index contributed by atoms with van der Waals surface area (Å²) in [6.07, 6.45) is 1.40. The number of hydrogen-bond donors (Lipinski definition) is 2. The fourth-order valence-electron chi connectivity index (χ4n) is 3.00. The highest BCUT2D eigenvalue weighted by Gasteiger charge is 2.33. The molecule has 0 aliphatic carbocycles. The van der Waals surface area contributed by atoms with Crippen molar-refractivity contribution < 1.29 is 13.2 Å². The van der Waals surface area contributed by atoms with Gasteiger partial charge in [-0.1, -0.05) is 19.1 Å². The highest BCUT2D eigenvalue weighted by atomic mass is 32.2. The van der Waals surface area contributed by atoms with Gasteiger partial charge >= 0.3 is 0 Å². The molecule has 0 radical (unpaired) electrons. The van der Waals surface area contributed by atoms with Crippen molar-refractivity contribution >= 4 is 21.6 Å². The Bertz CT molecular complexity index is 660. The first-order chi connectivity index (χ1) is 10.9. The Morgan fingerprint density at radius 1 is 1.39 bits per heavy atom. The molecule has 1 aliphatic heterocycles. The highest BCUT2D eigenvalue weighted by Crippen LogP contribution is 2.27. The lowest BCUT2D eigenvalue weighted by Gasteiger charge is -2.23. The average Bonchev–Trinajstić information content (AvgIpc) is 2.88. The fourth-order valence-corrected chi connectivity index (χ4v) is 4.15. The van der Waals surface area contributed by atoms with Gasteiger partial charge in [-0.2, -0.15) is 0 Å². The van der Waals surface area contributed by atoms with Crippen LogP contribution in [0.2, 0.25) is 0 Å². The van der Waals surface area contributed by atoms with E-state index < -0.39 is 10.0 Å². The fraction of sp³-hybridized carbons (Fsp3) is 0.562. The summed E-state index contributed by atoms with van der Waals surface area (Å²) >= 11 is 0. The van der Waals surface area contributed by atoms with E-state index in [0.717, 1.165) is 6.42 Å². The van der Waals surface area contributed by atoms with Gasteiger partial charge < -0.3 is 10.6 Å². The van der Waals surface area contributed by atoms with Gasteiger partial charge in [-0.05, 0) is 44.4 Å². The number of nitrogens with one attached hydrogen (secondary N) is 1. The second kappa shape index (κ2) is 7.31. The molecule has 0 aromatic heterocycles. The van der Waals surface area contributed by atoms with Gasteiger partial charge in [-0.25, -0.2) is 8.42 Å². The van der Waals surface area contributed by atoms with E-state index in [1.165, 1.54) is 0 Å². The first-order valence-electron chi connectivity index (χ1n) is 7.98. The number of nitrogens with two attached hydrogens (primary N) is 1. The smallest absolute Gasteiger partial charge is 0.256 e. The van der Waals surface area contributed by atoms with Crippen molar-refractivity contribution in [3.8, 4) is 0 Å². The topological polar surface area (TPSA) is 92.5 Å². The summed E-state index contributed by atoms with van der Waals surface area (Å²) in [5.41, 5.74) is 6.44. The van der Waals surface area contributed by atoms with Crippen LogP contribution < -0.4 is 10.5 Å². The molecule has 7 heteroatoms. The van der Waals surface area contributed by atoms with E-state index in [-0.39, 0.29) is 17.7 Å². The number of carbonyl (C=O) groups excluding carboxylic acids is 1. The predicted octanol–water partition coefficient (Wildman–Crippen LogP) is 1.65. The third-order valence-corrected chi connectivity index (χ3v) is 5.63. The van der Waals surface area contributed by atoms with E-state index in [9.17, 15) is 13.2 Å². The molecule has 0 bridgehead atoms. The number of benzene rings is 1. The van der Waals surface area contributed by atoms with E-state index in [1.54, 1.807) is 36.1 Å². The lowest BCUT2D eigenvalue weighted by molar-refractivity contribution is 0.0744. The molecule has 3 N–H and O–H groups in total. The van der Waals surface area contributed by atoms with Crippen molar-refractivity contribution in [2.75, 3.05) is 23.6 Å². The Labute approximate surface area is 138 Å². The Morgan fingerprint density at radius 2 is 2.09 bits per heavy atom. The monoisotopic (exact) mass is 339 g/mol. The summed E-state index contributed by atoms with van der Waals surface area (Å²) in [5.74, 6) is 0.186. The zero-order valence-corrected chi connectivity index (χ0v) is 14.5. The number of rotatable bonds is 6. The van der Waals surface area contributed by atoms with Crippen LogP contribution in [0.1, 0.15) is 37.0 Å². The van der Waals surface area contributed by atoms with Crippen LogP contribution in [0, 0.1) is 5.92 Å². The highest BCUT2D eigenvalue weighted by molar-refractivity contribution is 7.92. The van der Waals surface area contributed by atoms with Crippen LogP contribution in [0.4, 0.5) is 5.69 Å². The third-order valence-electron chi connectivity index (χ3n) is 4.15. The average molecular weight is 339 g/mol. The van der Waals surface area contributed by atoms with Crippen molar-refractivity contribution in [2.24, 2.45) is 11.7 Å². The zero-order valence-electron chi connectivity index (χ0n) is 13.7. The summed E-state index contributed by atoms with van der Waals surface area (Å²) in [6.45, 7) is 4.97. The van der Waals surface area contributed by atoms with E-state index in [1.807, 2.05) is 6.92 Å². The Balaban J connectivity index is 2.25. The van der Waals surface area contributed by atoms with Crippen LogP contribution in [0.15, 0.2) is 24.3 Å². The molecule has 2 atom stereocenters. The Morgan fingerprint density at radius 3 is 2.70 bits per heavy atom. The van der Waals surface area contributed by atoms with Crippen LogP contribution in [0.25, 0.3) is 0 Å². The second-order valence-electron chi connectivity index (χ2n) is 6.11. The number of nitrogens with zero attached hydrogens (tertiary/aromatic N) is 1. The van der Waals surface area contributed by atoms with E-state index in [2.05, 4.69) is 4.72 Å². The summed E-state index contributed by atoms with van der Waals surface area (Å²) < 4.78 is 26.5. The van der Waals surface area contributed by atoms with Crippen LogP contribution in [0.5, 0.6) is 0 Å². The lowest BCUT2D eigenvalue weighted by atomic mass is 10.1. The first-order valence-corrected chi connectivity index (χ1v) is 9.63. The largest absolute Gasteiger partial charge is 0.336 e. The number of anilines is 1. The van der Waals surface area contributed by atoms with Gasteiger partial charge in [-0.15, -0.1) is 0 Å². The molecule has 1 aromatic carbocycles. The standard InChI is InChI=1S/C16H25N3O3S/c1-3-8-23(21,22)18-15-7-5-4-6-14(15)16(20)19-11-13(10-17)9-12(19)2/h4-7,12-13,18H,3,8-11,17H2,1-2H3. The molecule has 1 fully saturated rings. The number of likely N-dealkylation sites (tertiary alicyclic amines) is 1. The quantitative estimate of drug-likeness (QED) is 0.824.